The zero-order chi connectivity index (χ0) is 11.1. The van der Waals surface area contributed by atoms with Crippen molar-refractivity contribution >= 4 is 5.91 Å². The lowest BCUT2D eigenvalue weighted by Gasteiger charge is -2.27. The molecule has 1 fully saturated rings. The number of nitriles is 1. The molecule has 0 radical (unpaired) electrons. The number of nitrogens with one attached hydrogen (secondary N) is 1. The zero-order valence-corrected chi connectivity index (χ0v) is 9.04. The number of carbonyl (C=O) groups is 1. The highest BCUT2D eigenvalue weighted by atomic mass is 16.1. The first-order valence-electron chi connectivity index (χ1n) is 5.65. The first-order chi connectivity index (χ1) is 7.24. The van der Waals surface area contributed by atoms with Crippen LogP contribution in [0.25, 0.3) is 0 Å². The summed E-state index contributed by atoms with van der Waals surface area (Å²) in [5.41, 5.74) is 5.05. The molecule has 0 spiro atoms. The van der Waals surface area contributed by atoms with Crippen LogP contribution in [0.1, 0.15) is 38.5 Å². The molecule has 3 N–H and O–H groups in total. The van der Waals surface area contributed by atoms with Gasteiger partial charge in [-0.25, -0.2) is 0 Å². The Balaban J connectivity index is 2.18. The molecule has 84 valence electrons. The molecule has 0 bridgehead atoms. The van der Waals surface area contributed by atoms with E-state index in [4.69, 9.17) is 11.0 Å². The van der Waals surface area contributed by atoms with Gasteiger partial charge in [-0.2, -0.15) is 5.26 Å². The van der Waals surface area contributed by atoms with E-state index < -0.39 is 0 Å². The van der Waals surface area contributed by atoms with Gasteiger partial charge in [-0.1, -0.05) is 12.8 Å². The topological polar surface area (TPSA) is 78.9 Å². The fraction of sp³-hybridized carbons (Fsp3) is 0.818. The Morgan fingerprint density at radius 2 is 2.20 bits per heavy atom. The van der Waals surface area contributed by atoms with Crippen molar-refractivity contribution in [3.63, 3.8) is 0 Å². The summed E-state index contributed by atoms with van der Waals surface area (Å²) in [5.74, 6) is -0.107. The van der Waals surface area contributed by atoms with Crippen LogP contribution >= 0.6 is 0 Å². The van der Waals surface area contributed by atoms with E-state index >= 15 is 0 Å². The van der Waals surface area contributed by atoms with Crippen molar-refractivity contribution in [3.05, 3.63) is 0 Å². The van der Waals surface area contributed by atoms with Crippen LogP contribution in [0.15, 0.2) is 0 Å². The smallest absolute Gasteiger partial charge is 0.217 e. The molecule has 0 heterocycles. The summed E-state index contributed by atoms with van der Waals surface area (Å²) in [4.78, 5) is 10.5. The molecular weight excluding hydrogens is 190 g/mol. The molecule has 4 nitrogen and oxygen atoms in total. The molecule has 0 aromatic carbocycles. The predicted molar refractivity (Wildman–Crippen MR) is 57.8 cm³/mol. The lowest BCUT2D eigenvalue weighted by atomic mass is 9.85. The molecule has 15 heavy (non-hydrogen) atoms. The first-order valence-corrected chi connectivity index (χ1v) is 5.65. The van der Waals surface area contributed by atoms with E-state index in [1.807, 2.05) is 0 Å². The SMILES string of the molecule is N#CC1CCCCC1NCCCC(N)=O. The van der Waals surface area contributed by atoms with Crippen LogP contribution in [0, 0.1) is 17.2 Å². The van der Waals surface area contributed by atoms with Crippen molar-refractivity contribution < 1.29 is 4.79 Å². The van der Waals surface area contributed by atoms with E-state index in [0.29, 0.717) is 12.5 Å². The molecule has 2 unspecified atom stereocenters. The second-order valence-electron chi connectivity index (χ2n) is 4.15. The third kappa shape index (κ3) is 4.30. The molecule has 4 heteroatoms. The largest absolute Gasteiger partial charge is 0.370 e. The van der Waals surface area contributed by atoms with E-state index in [1.54, 1.807) is 0 Å². The summed E-state index contributed by atoms with van der Waals surface area (Å²) in [7, 11) is 0. The normalized spacial score (nSPS) is 25.8. The van der Waals surface area contributed by atoms with Crippen LogP contribution in [0.2, 0.25) is 0 Å². The predicted octanol–water partition coefficient (Wildman–Crippen LogP) is 0.924. The van der Waals surface area contributed by atoms with Gasteiger partial charge in [0.05, 0.1) is 12.0 Å². The Labute approximate surface area is 90.8 Å². The molecule has 0 aromatic rings. The molecule has 1 amide bonds. The fourth-order valence-corrected chi connectivity index (χ4v) is 2.08. The average Bonchev–Trinajstić information content (AvgIpc) is 2.24. The van der Waals surface area contributed by atoms with Crippen LogP contribution in [-0.2, 0) is 4.79 Å². The second-order valence-corrected chi connectivity index (χ2v) is 4.15. The zero-order valence-electron chi connectivity index (χ0n) is 9.04. The minimum Gasteiger partial charge on any atom is -0.370 e. The molecule has 1 aliphatic carbocycles. The van der Waals surface area contributed by atoms with Gasteiger partial charge in [-0.3, -0.25) is 4.79 Å². The van der Waals surface area contributed by atoms with Crippen molar-refractivity contribution in [1.29, 1.82) is 5.26 Å². The van der Waals surface area contributed by atoms with Gasteiger partial charge in [0.2, 0.25) is 5.91 Å². The van der Waals surface area contributed by atoms with Crippen LogP contribution < -0.4 is 11.1 Å². The molecular formula is C11H19N3O. The van der Waals surface area contributed by atoms with Crippen molar-refractivity contribution in [2.75, 3.05) is 6.54 Å². The number of nitrogens with two attached hydrogens (primary N) is 1. The van der Waals surface area contributed by atoms with Gasteiger partial charge >= 0.3 is 0 Å². The van der Waals surface area contributed by atoms with Gasteiger partial charge in [-0.15, -0.1) is 0 Å². The third-order valence-electron chi connectivity index (χ3n) is 2.94. The second kappa shape index (κ2) is 6.41. The maximum absolute atomic E-state index is 10.5. The molecule has 0 aromatic heterocycles. The summed E-state index contributed by atoms with van der Waals surface area (Å²) in [5, 5.41) is 12.3. The van der Waals surface area contributed by atoms with E-state index in [-0.39, 0.29) is 11.8 Å². The van der Waals surface area contributed by atoms with E-state index in [1.165, 1.54) is 6.42 Å². The Hall–Kier alpha value is -1.08. The monoisotopic (exact) mass is 209 g/mol. The highest BCUT2D eigenvalue weighted by molar-refractivity contribution is 5.73. The van der Waals surface area contributed by atoms with Gasteiger partial charge in [0, 0.05) is 12.5 Å². The Bertz CT molecular complexity index is 247. The number of rotatable bonds is 5. The summed E-state index contributed by atoms with van der Waals surface area (Å²) in [6.45, 7) is 0.784. The molecule has 1 rings (SSSR count). The first kappa shape index (κ1) is 12.0. The van der Waals surface area contributed by atoms with E-state index in [2.05, 4.69) is 11.4 Å². The van der Waals surface area contributed by atoms with Gasteiger partial charge < -0.3 is 11.1 Å². The van der Waals surface area contributed by atoms with E-state index in [9.17, 15) is 4.79 Å². The lowest BCUT2D eigenvalue weighted by Crippen LogP contribution is -2.38. The Kier molecular flexibility index (Phi) is 5.13. The number of nitrogens with zero attached hydrogens (tertiary/aromatic N) is 1. The molecule has 2 atom stereocenters. The average molecular weight is 209 g/mol. The summed E-state index contributed by atoms with van der Waals surface area (Å²) in [6.07, 6.45) is 5.64. The molecule has 0 aliphatic heterocycles. The maximum atomic E-state index is 10.5. The molecule has 1 saturated carbocycles. The summed E-state index contributed by atoms with van der Waals surface area (Å²) < 4.78 is 0. The van der Waals surface area contributed by atoms with Gasteiger partial charge in [0.25, 0.3) is 0 Å². The Morgan fingerprint density at radius 1 is 1.47 bits per heavy atom. The van der Waals surface area contributed by atoms with Crippen LogP contribution in [-0.4, -0.2) is 18.5 Å². The number of hydrogen-bond acceptors (Lipinski definition) is 3. The number of hydrogen-bond donors (Lipinski definition) is 2. The van der Waals surface area contributed by atoms with Gasteiger partial charge in [0.15, 0.2) is 0 Å². The molecule has 1 aliphatic rings. The highest BCUT2D eigenvalue weighted by Crippen LogP contribution is 2.23. The quantitative estimate of drug-likeness (QED) is 0.661. The standard InChI is InChI=1S/C11H19N3O/c12-8-9-4-1-2-5-10(9)14-7-3-6-11(13)15/h9-10,14H,1-7H2,(H2,13,15). The van der Waals surface area contributed by atoms with Crippen molar-refractivity contribution in [1.82, 2.24) is 5.32 Å². The van der Waals surface area contributed by atoms with Crippen molar-refractivity contribution in [2.24, 2.45) is 11.7 Å². The van der Waals surface area contributed by atoms with Gasteiger partial charge in [-0.05, 0) is 25.8 Å². The number of primary amides is 1. The number of carbonyl (C=O) groups excluding carboxylic acids is 1. The lowest BCUT2D eigenvalue weighted by molar-refractivity contribution is -0.118. The molecule has 0 saturated heterocycles. The number of amides is 1. The van der Waals surface area contributed by atoms with Crippen LogP contribution in [0.5, 0.6) is 0 Å². The van der Waals surface area contributed by atoms with Crippen molar-refractivity contribution in [2.45, 2.75) is 44.6 Å². The van der Waals surface area contributed by atoms with Crippen molar-refractivity contribution in [3.8, 4) is 6.07 Å². The third-order valence-corrected chi connectivity index (χ3v) is 2.94. The van der Waals surface area contributed by atoms with Crippen LogP contribution in [0.4, 0.5) is 0 Å². The minimum absolute atomic E-state index is 0.146. The fourth-order valence-electron chi connectivity index (χ4n) is 2.08. The Morgan fingerprint density at radius 3 is 2.87 bits per heavy atom. The maximum Gasteiger partial charge on any atom is 0.217 e. The van der Waals surface area contributed by atoms with Gasteiger partial charge in [0.1, 0.15) is 0 Å². The highest BCUT2D eigenvalue weighted by Gasteiger charge is 2.23. The summed E-state index contributed by atoms with van der Waals surface area (Å²) in [6, 6.07) is 2.67. The van der Waals surface area contributed by atoms with E-state index in [0.717, 1.165) is 32.2 Å². The van der Waals surface area contributed by atoms with Crippen LogP contribution in [0.3, 0.4) is 0 Å². The summed E-state index contributed by atoms with van der Waals surface area (Å²) >= 11 is 0. The minimum atomic E-state index is -0.253.